The minimum atomic E-state index is 0. The summed E-state index contributed by atoms with van der Waals surface area (Å²) in [4.78, 5) is 0. The van der Waals surface area contributed by atoms with E-state index in [1.54, 1.807) is 0 Å². The number of epoxide rings is 1. The van der Waals surface area contributed by atoms with Gasteiger partial charge in [-0.05, 0) is 6.92 Å². The van der Waals surface area contributed by atoms with Crippen molar-refractivity contribution in [3.8, 4) is 0 Å². The van der Waals surface area contributed by atoms with Gasteiger partial charge in [0.1, 0.15) is 0 Å². The molecule has 28 valence electrons. The van der Waals surface area contributed by atoms with Crippen LogP contribution in [0.3, 0.4) is 0 Å². The third-order valence-corrected chi connectivity index (χ3v) is 0.500. The maximum atomic E-state index is 4.71. The highest BCUT2D eigenvalue weighted by atomic mass is 24.3. The number of hydrogen-bond acceptors (Lipinski definition) is 1. The summed E-state index contributed by atoms with van der Waals surface area (Å²) < 4.78 is 4.71. The predicted molar refractivity (Wildman–Crippen MR) is 24.0 cm³/mol. The third kappa shape index (κ3) is 2.53. The number of hydrogen-bond donors (Lipinski definition) is 0. The lowest BCUT2D eigenvalue weighted by Gasteiger charge is -1.50. The first-order chi connectivity index (χ1) is 1.89. The van der Waals surface area contributed by atoms with Crippen LogP contribution in [0, 0.1) is 0 Å². The van der Waals surface area contributed by atoms with E-state index in [-0.39, 0.29) is 23.1 Å². The van der Waals surface area contributed by atoms with Gasteiger partial charge in [-0.2, -0.15) is 0 Å². The lowest BCUT2D eigenvalue weighted by molar-refractivity contribution is 0.423. The lowest BCUT2D eigenvalue weighted by Crippen LogP contribution is -1.60. The quantitative estimate of drug-likeness (QED) is 0.284. The van der Waals surface area contributed by atoms with E-state index < -0.39 is 0 Å². The van der Waals surface area contributed by atoms with Crippen LogP contribution < -0.4 is 0 Å². The third-order valence-electron chi connectivity index (χ3n) is 0.500. The molecule has 1 fully saturated rings. The van der Waals surface area contributed by atoms with Gasteiger partial charge in [0.15, 0.2) is 0 Å². The monoisotopic (exact) mass is 84.0 g/mol. The van der Waals surface area contributed by atoms with Crippen molar-refractivity contribution in [2.24, 2.45) is 0 Å². The molecule has 0 aromatic heterocycles. The normalized spacial score (nSPS) is 31.8. The standard InChI is InChI=1S/C3H6O.Mg.2H/c1-3-2-4-3;;;/h3H,2H2,1H3;;;. The van der Waals surface area contributed by atoms with Crippen LogP contribution in [-0.2, 0) is 4.74 Å². The summed E-state index contributed by atoms with van der Waals surface area (Å²) in [5.74, 6) is 0. The molecule has 0 bridgehead atoms. The molecule has 0 amide bonds. The Hall–Kier alpha value is 0.726. The van der Waals surface area contributed by atoms with Gasteiger partial charge in [0.05, 0.1) is 12.7 Å². The molecule has 1 heterocycles. The van der Waals surface area contributed by atoms with Gasteiger partial charge in [0.2, 0.25) is 0 Å². The second-order valence-corrected chi connectivity index (χ2v) is 1.14. The minimum Gasteiger partial charge on any atom is -0.373 e. The Labute approximate surface area is 47.8 Å². The van der Waals surface area contributed by atoms with E-state index in [0.717, 1.165) is 6.61 Å². The SMILES string of the molecule is CC1CO1.[MgH2]. The van der Waals surface area contributed by atoms with E-state index in [1.807, 2.05) is 0 Å². The van der Waals surface area contributed by atoms with Crippen molar-refractivity contribution in [1.29, 1.82) is 0 Å². The van der Waals surface area contributed by atoms with Gasteiger partial charge in [0, 0.05) is 0 Å². The first-order valence-electron chi connectivity index (χ1n) is 1.51. The maximum Gasteiger partial charge on any atom is 0.316 e. The Kier molecular flexibility index (Phi) is 2.29. The molecule has 1 unspecified atom stereocenters. The van der Waals surface area contributed by atoms with Gasteiger partial charge in [-0.3, -0.25) is 0 Å². The molecule has 2 heteroatoms. The van der Waals surface area contributed by atoms with E-state index in [1.165, 1.54) is 0 Å². The van der Waals surface area contributed by atoms with Crippen molar-refractivity contribution in [2.75, 3.05) is 6.61 Å². The van der Waals surface area contributed by atoms with Crippen molar-refractivity contribution in [1.82, 2.24) is 0 Å². The molecule has 5 heavy (non-hydrogen) atoms. The largest absolute Gasteiger partial charge is 0.373 e. The molecule has 1 aliphatic rings. The van der Waals surface area contributed by atoms with Crippen molar-refractivity contribution >= 4 is 23.1 Å². The molecule has 0 aromatic carbocycles. The molecule has 1 nitrogen and oxygen atoms in total. The number of rotatable bonds is 0. The van der Waals surface area contributed by atoms with Crippen molar-refractivity contribution in [3.63, 3.8) is 0 Å². The Morgan fingerprint density at radius 3 is 2.00 bits per heavy atom. The van der Waals surface area contributed by atoms with Crippen LogP contribution in [-0.4, -0.2) is 35.8 Å². The second kappa shape index (κ2) is 2.00. The zero-order valence-corrected chi connectivity index (χ0v) is 2.69. The summed E-state index contributed by atoms with van der Waals surface area (Å²) in [5, 5.41) is 0. The first kappa shape index (κ1) is 5.73. The van der Waals surface area contributed by atoms with E-state index in [4.69, 9.17) is 4.74 Å². The van der Waals surface area contributed by atoms with E-state index in [9.17, 15) is 0 Å². The number of ether oxygens (including phenoxy) is 1. The molecular formula is C3H8MgO. The van der Waals surface area contributed by atoms with Gasteiger partial charge >= 0.3 is 23.1 Å². The molecule has 0 radical (unpaired) electrons. The van der Waals surface area contributed by atoms with E-state index >= 15 is 0 Å². The summed E-state index contributed by atoms with van der Waals surface area (Å²) in [6.45, 7) is 3.04. The molecule has 0 spiro atoms. The fourth-order valence-electron chi connectivity index (χ4n) is 0.0962. The molecule has 1 rings (SSSR count). The average Bonchev–Trinajstić information content (AvgIpc) is 1.75. The van der Waals surface area contributed by atoms with Crippen molar-refractivity contribution in [3.05, 3.63) is 0 Å². The highest BCUT2D eigenvalue weighted by Crippen LogP contribution is 2.04. The average molecular weight is 84.4 g/mol. The Bertz CT molecular complexity index is 26.1. The zero-order chi connectivity index (χ0) is 2.99. The van der Waals surface area contributed by atoms with Crippen LogP contribution in [0.25, 0.3) is 0 Å². The lowest BCUT2D eigenvalue weighted by atomic mass is 10.6. The summed E-state index contributed by atoms with van der Waals surface area (Å²) in [6, 6.07) is 0. The summed E-state index contributed by atoms with van der Waals surface area (Å²) in [6.07, 6.45) is 0.583. The first-order valence-corrected chi connectivity index (χ1v) is 1.51. The van der Waals surface area contributed by atoms with Crippen LogP contribution in [0.2, 0.25) is 0 Å². The Morgan fingerprint density at radius 2 is 2.00 bits per heavy atom. The maximum absolute atomic E-state index is 4.71. The van der Waals surface area contributed by atoms with Gasteiger partial charge in [-0.1, -0.05) is 0 Å². The Balaban J connectivity index is 0.000000160. The predicted octanol–water partition coefficient (Wildman–Crippen LogP) is -0.511. The molecule has 1 saturated heterocycles. The van der Waals surface area contributed by atoms with Crippen LogP contribution in [0.1, 0.15) is 6.92 Å². The smallest absolute Gasteiger partial charge is 0.316 e. The van der Waals surface area contributed by atoms with Crippen LogP contribution in [0.15, 0.2) is 0 Å². The molecule has 1 aliphatic heterocycles. The highest BCUT2D eigenvalue weighted by Gasteiger charge is 2.13. The van der Waals surface area contributed by atoms with Crippen molar-refractivity contribution in [2.45, 2.75) is 13.0 Å². The van der Waals surface area contributed by atoms with Gasteiger partial charge in [-0.15, -0.1) is 0 Å². The van der Waals surface area contributed by atoms with E-state index in [2.05, 4.69) is 6.92 Å². The molecule has 0 saturated carbocycles. The van der Waals surface area contributed by atoms with Crippen molar-refractivity contribution < 1.29 is 4.74 Å². The van der Waals surface area contributed by atoms with E-state index in [0.29, 0.717) is 6.10 Å². The molecule has 0 aliphatic carbocycles. The summed E-state index contributed by atoms with van der Waals surface area (Å²) in [7, 11) is 0. The minimum absolute atomic E-state index is 0. The summed E-state index contributed by atoms with van der Waals surface area (Å²) in [5.41, 5.74) is 0. The van der Waals surface area contributed by atoms with Gasteiger partial charge in [-0.25, -0.2) is 0 Å². The Morgan fingerprint density at radius 1 is 1.80 bits per heavy atom. The highest BCUT2D eigenvalue weighted by molar-refractivity contribution is 5.75. The fourth-order valence-corrected chi connectivity index (χ4v) is 0.0962. The molecular weight excluding hydrogens is 76.3 g/mol. The molecule has 0 N–H and O–H groups in total. The molecule has 1 atom stereocenters. The zero-order valence-electron chi connectivity index (χ0n) is 2.69. The van der Waals surface area contributed by atoms with Crippen LogP contribution in [0.5, 0.6) is 0 Å². The molecule has 0 aromatic rings. The van der Waals surface area contributed by atoms with Gasteiger partial charge in [0.25, 0.3) is 0 Å². The summed E-state index contributed by atoms with van der Waals surface area (Å²) >= 11 is 0. The fraction of sp³-hybridized carbons (Fsp3) is 1.00. The second-order valence-electron chi connectivity index (χ2n) is 1.14. The van der Waals surface area contributed by atoms with Crippen LogP contribution in [0.4, 0.5) is 0 Å². The topological polar surface area (TPSA) is 12.5 Å². The van der Waals surface area contributed by atoms with Gasteiger partial charge < -0.3 is 4.74 Å². The van der Waals surface area contributed by atoms with Crippen LogP contribution >= 0.6 is 0 Å².